The molecule has 3 N–H and O–H groups in total. The molecule has 1 aromatic carbocycles. The number of aromatic nitrogens is 1. The second kappa shape index (κ2) is 11.0. The number of nitrogens with one attached hydrogen (secondary N) is 3. The van der Waals surface area contributed by atoms with Gasteiger partial charge in [-0.15, -0.1) is 11.3 Å². The summed E-state index contributed by atoms with van der Waals surface area (Å²) in [5.41, 5.74) is 2.98. The molecule has 1 aromatic heterocycles. The Morgan fingerprint density at radius 1 is 1.23 bits per heavy atom. The van der Waals surface area contributed by atoms with E-state index in [1.165, 1.54) is 4.88 Å². The highest BCUT2D eigenvalue weighted by Crippen LogP contribution is 2.17. The smallest absolute Gasteiger partial charge is 0.321 e. The molecule has 8 heteroatoms. The second-order valence-corrected chi connectivity index (χ2v) is 8.73. The number of benzene rings is 1. The number of rotatable bonds is 7. The first-order valence-electron chi connectivity index (χ1n) is 10.6. The molecule has 2 amide bonds. The number of nitrogens with zero attached hydrogens (tertiary/aromatic N) is 3. The van der Waals surface area contributed by atoms with Crippen LogP contribution in [0.1, 0.15) is 40.9 Å². The van der Waals surface area contributed by atoms with Gasteiger partial charge >= 0.3 is 6.03 Å². The molecule has 1 fully saturated rings. The van der Waals surface area contributed by atoms with Crippen molar-refractivity contribution in [3.8, 4) is 0 Å². The number of likely N-dealkylation sites (tertiary alicyclic amines) is 1. The van der Waals surface area contributed by atoms with E-state index in [0.29, 0.717) is 6.54 Å². The van der Waals surface area contributed by atoms with Gasteiger partial charge in [0.25, 0.3) is 0 Å². The van der Waals surface area contributed by atoms with Gasteiger partial charge in [-0.2, -0.15) is 0 Å². The van der Waals surface area contributed by atoms with Crippen LogP contribution >= 0.6 is 11.3 Å². The summed E-state index contributed by atoms with van der Waals surface area (Å²) in [5.74, 6) is 0.786. The minimum Gasteiger partial charge on any atom is -0.357 e. The van der Waals surface area contributed by atoms with Crippen molar-refractivity contribution in [3.05, 3.63) is 45.4 Å². The van der Waals surface area contributed by atoms with E-state index >= 15 is 0 Å². The van der Waals surface area contributed by atoms with Gasteiger partial charge in [0.2, 0.25) is 0 Å². The number of carbonyl (C=O) groups is 1. The Balaban J connectivity index is 1.53. The fourth-order valence-electron chi connectivity index (χ4n) is 3.32. The lowest BCUT2D eigenvalue weighted by Gasteiger charge is -2.16. The zero-order valence-corrected chi connectivity index (χ0v) is 18.9. The molecule has 0 atom stereocenters. The average molecular weight is 429 g/mol. The highest BCUT2D eigenvalue weighted by atomic mass is 32.1. The van der Waals surface area contributed by atoms with E-state index in [2.05, 4.69) is 46.7 Å². The van der Waals surface area contributed by atoms with Crippen LogP contribution in [0.2, 0.25) is 0 Å². The maximum Gasteiger partial charge on any atom is 0.321 e. The van der Waals surface area contributed by atoms with E-state index in [4.69, 9.17) is 0 Å². The Labute approximate surface area is 183 Å². The average Bonchev–Trinajstić information content (AvgIpc) is 3.37. The monoisotopic (exact) mass is 428 g/mol. The van der Waals surface area contributed by atoms with Gasteiger partial charge in [-0.05, 0) is 51.3 Å². The largest absolute Gasteiger partial charge is 0.357 e. The quantitative estimate of drug-likeness (QED) is 0.464. The number of hydrogen-bond acceptors (Lipinski definition) is 4. The molecule has 0 unspecified atom stereocenters. The topological polar surface area (TPSA) is 81.7 Å². The van der Waals surface area contributed by atoms with Crippen LogP contribution in [0.15, 0.2) is 29.3 Å². The zero-order valence-electron chi connectivity index (χ0n) is 18.1. The van der Waals surface area contributed by atoms with Gasteiger partial charge in [0.1, 0.15) is 0 Å². The van der Waals surface area contributed by atoms with Gasteiger partial charge in [0.05, 0.1) is 17.2 Å². The van der Waals surface area contributed by atoms with Gasteiger partial charge < -0.3 is 20.9 Å². The predicted molar refractivity (Wildman–Crippen MR) is 124 cm³/mol. The molecular weight excluding hydrogens is 396 g/mol. The number of guanidine groups is 1. The van der Waals surface area contributed by atoms with E-state index in [-0.39, 0.29) is 6.03 Å². The number of aryl methyl sites for hydroxylation is 2. The highest BCUT2D eigenvalue weighted by Gasteiger charge is 2.17. The van der Waals surface area contributed by atoms with E-state index in [0.717, 1.165) is 73.4 Å². The molecule has 2 heterocycles. The summed E-state index contributed by atoms with van der Waals surface area (Å²) in [6, 6.07) is 7.87. The van der Waals surface area contributed by atoms with Gasteiger partial charge in [0, 0.05) is 43.2 Å². The Morgan fingerprint density at radius 3 is 2.73 bits per heavy atom. The maximum atomic E-state index is 12.3. The van der Waals surface area contributed by atoms with Crippen molar-refractivity contribution < 1.29 is 4.79 Å². The maximum absolute atomic E-state index is 12.3. The summed E-state index contributed by atoms with van der Waals surface area (Å²) in [4.78, 5) is 24.7. The third-order valence-corrected chi connectivity index (χ3v) is 6.17. The molecular formula is C22H32N6OS. The lowest BCUT2D eigenvalue weighted by Crippen LogP contribution is -2.38. The molecule has 2 aromatic rings. The molecule has 0 aliphatic carbocycles. The van der Waals surface area contributed by atoms with Crippen LogP contribution in [-0.4, -0.2) is 48.1 Å². The predicted octanol–water partition coefficient (Wildman–Crippen LogP) is 3.69. The van der Waals surface area contributed by atoms with Gasteiger partial charge in [-0.25, -0.2) is 14.8 Å². The summed E-state index contributed by atoms with van der Waals surface area (Å²) in [6.45, 7) is 10.0. The third kappa shape index (κ3) is 6.45. The number of aliphatic imine (C=N–C) groups is 1. The molecule has 7 nitrogen and oxygen atoms in total. The number of carbonyl (C=O) groups excluding carboxylic acids is 1. The van der Waals surface area contributed by atoms with Crippen LogP contribution in [-0.2, 0) is 13.0 Å². The van der Waals surface area contributed by atoms with Crippen molar-refractivity contribution in [2.45, 2.75) is 46.6 Å². The van der Waals surface area contributed by atoms with Crippen molar-refractivity contribution in [2.75, 3.05) is 31.5 Å². The molecule has 0 bridgehead atoms. The van der Waals surface area contributed by atoms with Crippen LogP contribution in [0.4, 0.5) is 10.5 Å². The zero-order chi connectivity index (χ0) is 21.3. The number of anilines is 1. The van der Waals surface area contributed by atoms with Crippen molar-refractivity contribution in [1.82, 2.24) is 20.5 Å². The first kappa shape index (κ1) is 22.1. The third-order valence-electron chi connectivity index (χ3n) is 5.04. The van der Waals surface area contributed by atoms with Crippen LogP contribution in [0.3, 0.4) is 0 Å². The Kier molecular flexibility index (Phi) is 8.07. The van der Waals surface area contributed by atoms with E-state index in [1.807, 2.05) is 29.2 Å². The van der Waals surface area contributed by atoms with E-state index in [1.54, 1.807) is 11.3 Å². The Bertz CT molecular complexity index is 853. The minimum absolute atomic E-state index is 0.0178. The van der Waals surface area contributed by atoms with E-state index < -0.39 is 0 Å². The lowest BCUT2D eigenvalue weighted by atomic mass is 10.2. The van der Waals surface area contributed by atoms with Crippen LogP contribution in [0.25, 0.3) is 0 Å². The summed E-state index contributed by atoms with van der Waals surface area (Å²) in [6.07, 6.45) is 3.05. The number of amides is 2. The molecule has 0 spiro atoms. The van der Waals surface area contributed by atoms with Crippen molar-refractivity contribution in [2.24, 2.45) is 4.99 Å². The summed E-state index contributed by atoms with van der Waals surface area (Å²) >= 11 is 1.76. The first-order valence-corrected chi connectivity index (χ1v) is 11.5. The van der Waals surface area contributed by atoms with Gasteiger partial charge in [0.15, 0.2) is 5.96 Å². The number of thiazole rings is 1. The Hall–Kier alpha value is -2.61. The van der Waals surface area contributed by atoms with Crippen LogP contribution < -0.4 is 16.0 Å². The number of hydrogen-bond donors (Lipinski definition) is 3. The standard InChI is InChI=1S/C22H32N6OS/c1-4-23-21(24-11-10-20-26-16(2)17(3)30-20)25-15-18-8-7-9-19(14-18)27-22(29)28-12-5-6-13-28/h7-9,14H,4-6,10-13,15H2,1-3H3,(H,27,29)(H2,23,24,25). The van der Waals surface area contributed by atoms with Crippen molar-refractivity contribution in [3.63, 3.8) is 0 Å². The molecule has 0 saturated carbocycles. The molecule has 1 aliphatic rings. The fourth-order valence-corrected chi connectivity index (χ4v) is 4.25. The van der Waals surface area contributed by atoms with Gasteiger partial charge in [-0.3, -0.25) is 0 Å². The number of urea groups is 1. The molecule has 1 aliphatic heterocycles. The minimum atomic E-state index is -0.0178. The van der Waals surface area contributed by atoms with Crippen molar-refractivity contribution in [1.29, 1.82) is 0 Å². The highest BCUT2D eigenvalue weighted by molar-refractivity contribution is 7.11. The van der Waals surface area contributed by atoms with E-state index in [9.17, 15) is 4.79 Å². The first-order chi connectivity index (χ1) is 14.5. The molecule has 1 saturated heterocycles. The van der Waals surface area contributed by atoms with Crippen molar-refractivity contribution >= 4 is 29.0 Å². The molecule has 0 radical (unpaired) electrons. The summed E-state index contributed by atoms with van der Waals surface area (Å²) in [7, 11) is 0. The Morgan fingerprint density at radius 2 is 2.03 bits per heavy atom. The second-order valence-electron chi connectivity index (χ2n) is 7.45. The lowest BCUT2D eigenvalue weighted by molar-refractivity contribution is 0.222. The van der Waals surface area contributed by atoms with Crippen LogP contribution in [0.5, 0.6) is 0 Å². The molecule has 3 rings (SSSR count). The SMILES string of the molecule is CCNC(=NCc1cccc(NC(=O)N2CCCC2)c1)NCCc1nc(C)c(C)s1. The normalized spacial score (nSPS) is 14.1. The van der Waals surface area contributed by atoms with Crippen LogP contribution in [0, 0.1) is 13.8 Å². The summed E-state index contributed by atoms with van der Waals surface area (Å²) in [5, 5.41) is 10.8. The molecule has 30 heavy (non-hydrogen) atoms. The fraction of sp³-hybridized carbons (Fsp3) is 0.500. The van der Waals surface area contributed by atoms with Gasteiger partial charge in [-0.1, -0.05) is 12.1 Å². The summed E-state index contributed by atoms with van der Waals surface area (Å²) < 4.78 is 0. The molecule has 162 valence electrons.